The van der Waals surface area contributed by atoms with E-state index in [1.165, 1.54) is 17.6 Å². The third-order valence-electron chi connectivity index (χ3n) is 3.71. The lowest BCUT2D eigenvalue weighted by Crippen LogP contribution is -2.36. The first-order valence-corrected chi connectivity index (χ1v) is 7.90. The zero-order valence-electron chi connectivity index (χ0n) is 13.8. The summed E-state index contributed by atoms with van der Waals surface area (Å²) in [7, 11) is 0. The number of aromatic nitrogens is 1. The number of hydrogen-bond donors (Lipinski definition) is 0. The summed E-state index contributed by atoms with van der Waals surface area (Å²) in [6.07, 6.45) is 1.74. The van der Waals surface area contributed by atoms with Crippen molar-refractivity contribution in [3.8, 4) is 0 Å². The lowest BCUT2D eigenvalue weighted by molar-refractivity contribution is -0.132. The summed E-state index contributed by atoms with van der Waals surface area (Å²) in [5.74, 6) is -0.786. The van der Waals surface area contributed by atoms with Crippen LogP contribution in [-0.4, -0.2) is 34.2 Å². The van der Waals surface area contributed by atoms with Crippen LogP contribution >= 0.6 is 0 Å². The first-order chi connectivity index (χ1) is 11.0. The molecular weight excluding hydrogens is 296 g/mol. The van der Waals surface area contributed by atoms with Gasteiger partial charge in [-0.15, -0.1) is 0 Å². The first kappa shape index (κ1) is 17.0. The van der Waals surface area contributed by atoms with Crippen LogP contribution in [0.1, 0.15) is 44.0 Å². The van der Waals surface area contributed by atoms with Gasteiger partial charge in [0.25, 0.3) is 0 Å². The second kappa shape index (κ2) is 7.26. The lowest BCUT2D eigenvalue weighted by atomic mass is 10.1. The number of ketones is 1. The molecule has 124 valence electrons. The zero-order valence-corrected chi connectivity index (χ0v) is 13.8. The number of fused-ring (bicyclic) bond motifs is 1. The Morgan fingerprint density at radius 1 is 1.17 bits per heavy atom. The van der Waals surface area contributed by atoms with Gasteiger partial charge in [-0.05, 0) is 38.0 Å². The summed E-state index contributed by atoms with van der Waals surface area (Å²) in [5.41, 5.74) is 1.33. The van der Waals surface area contributed by atoms with Crippen LogP contribution in [-0.2, 0) is 11.3 Å². The Bertz CT molecular complexity index is 766. The Morgan fingerprint density at radius 3 is 2.39 bits per heavy atom. The van der Waals surface area contributed by atoms with Crippen molar-refractivity contribution in [2.24, 2.45) is 0 Å². The van der Waals surface area contributed by atoms with Crippen molar-refractivity contribution in [2.75, 3.05) is 13.1 Å². The van der Waals surface area contributed by atoms with E-state index in [0.29, 0.717) is 29.8 Å². The molecule has 0 N–H and O–H groups in total. The number of nitrogens with zero attached hydrogens (tertiary/aromatic N) is 2. The average molecular weight is 318 g/mol. The van der Waals surface area contributed by atoms with Crippen molar-refractivity contribution < 1.29 is 14.0 Å². The first-order valence-electron chi connectivity index (χ1n) is 7.90. The SMILES string of the molecule is CCCN(CCC)C(=O)Cn1c(=O)oc2cc(C(C)=O)ccc21. The highest BCUT2D eigenvalue weighted by Crippen LogP contribution is 2.16. The van der Waals surface area contributed by atoms with Crippen LogP contribution in [0.4, 0.5) is 0 Å². The van der Waals surface area contributed by atoms with E-state index in [4.69, 9.17) is 4.42 Å². The van der Waals surface area contributed by atoms with E-state index in [9.17, 15) is 14.4 Å². The molecule has 2 rings (SSSR count). The second-order valence-corrected chi connectivity index (χ2v) is 5.57. The van der Waals surface area contributed by atoms with Gasteiger partial charge >= 0.3 is 5.76 Å². The smallest absolute Gasteiger partial charge is 0.408 e. The Kier molecular flexibility index (Phi) is 5.36. The molecule has 0 radical (unpaired) electrons. The molecule has 23 heavy (non-hydrogen) atoms. The second-order valence-electron chi connectivity index (χ2n) is 5.57. The largest absolute Gasteiger partial charge is 0.420 e. The predicted molar refractivity (Wildman–Crippen MR) is 87.6 cm³/mol. The fourth-order valence-electron chi connectivity index (χ4n) is 2.57. The monoisotopic (exact) mass is 318 g/mol. The molecule has 0 atom stereocenters. The van der Waals surface area contributed by atoms with E-state index in [-0.39, 0.29) is 18.2 Å². The van der Waals surface area contributed by atoms with Gasteiger partial charge < -0.3 is 9.32 Å². The zero-order chi connectivity index (χ0) is 17.0. The molecule has 1 amide bonds. The Hall–Kier alpha value is -2.37. The molecule has 0 aliphatic rings. The van der Waals surface area contributed by atoms with Crippen LogP contribution in [0.15, 0.2) is 27.4 Å². The molecule has 0 spiro atoms. The van der Waals surface area contributed by atoms with Crippen LogP contribution in [0.2, 0.25) is 0 Å². The van der Waals surface area contributed by atoms with Crippen molar-refractivity contribution >= 4 is 22.8 Å². The fourth-order valence-corrected chi connectivity index (χ4v) is 2.57. The molecule has 0 saturated heterocycles. The minimum Gasteiger partial charge on any atom is -0.408 e. The van der Waals surface area contributed by atoms with E-state index >= 15 is 0 Å². The molecule has 1 heterocycles. The predicted octanol–water partition coefficient (Wildman–Crippen LogP) is 2.45. The fraction of sp³-hybridized carbons (Fsp3) is 0.471. The van der Waals surface area contributed by atoms with Gasteiger partial charge in [0.2, 0.25) is 5.91 Å². The Labute approximate surface area is 134 Å². The molecule has 6 nitrogen and oxygen atoms in total. The van der Waals surface area contributed by atoms with Crippen molar-refractivity contribution in [1.29, 1.82) is 0 Å². The van der Waals surface area contributed by atoms with Crippen LogP contribution in [0.3, 0.4) is 0 Å². The van der Waals surface area contributed by atoms with Gasteiger partial charge in [0.1, 0.15) is 6.54 Å². The van der Waals surface area contributed by atoms with E-state index in [0.717, 1.165) is 12.8 Å². The molecule has 1 aromatic heterocycles. The molecule has 0 aliphatic heterocycles. The van der Waals surface area contributed by atoms with Crippen molar-refractivity contribution in [3.63, 3.8) is 0 Å². The quantitative estimate of drug-likeness (QED) is 0.735. The highest BCUT2D eigenvalue weighted by molar-refractivity contribution is 5.97. The summed E-state index contributed by atoms with van der Waals surface area (Å²) < 4.78 is 6.49. The summed E-state index contributed by atoms with van der Waals surface area (Å²) in [6, 6.07) is 4.82. The highest BCUT2D eigenvalue weighted by atomic mass is 16.4. The number of rotatable bonds is 7. The van der Waals surface area contributed by atoms with Gasteiger partial charge in [-0.2, -0.15) is 0 Å². The van der Waals surface area contributed by atoms with Gasteiger partial charge in [0.05, 0.1) is 5.52 Å². The summed E-state index contributed by atoms with van der Waals surface area (Å²) in [5, 5.41) is 0. The molecule has 0 fully saturated rings. The minimum absolute atomic E-state index is 0.0503. The number of hydrogen-bond acceptors (Lipinski definition) is 4. The van der Waals surface area contributed by atoms with Gasteiger partial charge in [0.15, 0.2) is 11.4 Å². The number of benzene rings is 1. The van der Waals surface area contributed by atoms with Crippen LogP contribution in [0, 0.1) is 0 Å². The van der Waals surface area contributed by atoms with E-state index in [2.05, 4.69) is 0 Å². The van der Waals surface area contributed by atoms with Crippen molar-refractivity contribution in [1.82, 2.24) is 9.47 Å². The standard InChI is InChI=1S/C17H22N2O4/c1-4-8-18(9-5-2)16(21)11-19-14-7-6-13(12(3)20)10-15(14)23-17(19)22/h6-7,10H,4-5,8-9,11H2,1-3H3. The van der Waals surface area contributed by atoms with Crippen LogP contribution < -0.4 is 5.76 Å². The van der Waals surface area contributed by atoms with Gasteiger partial charge in [0, 0.05) is 18.7 Å². The van der Waals surface area contributed by atoms with Gasteiger partial charge in [-0.1, -0.05) is 13.8 Å². The number of carbonyl (C=O) groups is 2. The molecule has 0 unspecified atom stereocenters. The molecular formula is C17H22N2O4. The summed E-state index contributed by atoms with van der Waals surface area (Å²) in [4.78, 5) is 37.6. The maximum absolute atomic E-state index is 12.4. The van der Waals surface area contributed by atoms with E-state index in [1.807, 2.05) is 13.8 Å². The molecule has 6 heteroatoms. The molecule has 1 aromatic carbocycles. The van der Waals surface area contributed by atoms with Gasteiger partial charge in [-0.25, -0.2) is 4.79 Å². The average Bonchev–Trinajstić information content (AvgIpc) is 2.82. The van der Waals surface area contributed by atoms with Crippen LogP contribution in [0.25, 0.3) is 11.1 Å². The minimum atomic E-state index is -0.581. The van der Waals surface area contributed by atoms with Gasteiger partial charge in [-0.3, -0.25) is 14.2 Å². The number of amides is 1. The molecule has 0 saturated carbocycles. The normalized spacial score (nSPS) is 10.9. The highest BCUT2D eigenvalue weighted by Gasteiger charge is 2.17. The lowest BCUT2D eigenvalue weighted by Gasteiger charge is -2.21. The Morgan fingerprint density at radius 2 is 1.83 bits per heavy atom. The summed E-state index contributed by atoms with van der Waals surface area (Å²) >= 11 is 0. The Balaban J connectivity index is 2.32. The molecule has 0 bridgehead atoms. The van der Waals surface area contributed by atoms with Crippen molar-refractivity contribution in [2.45, 2.75) is 40.2 Å². The van der Waals surface area contributed by atoms with E-state index in [1.54, 1.807) is 17.0 Å². The maximum atomic E-state index is 12.4. The summed E-state index contributed by atoms with van der Waals surface area (Å²) in [6.45, 7) is 6.77. The third kappa shape index (κ3) is 3.70. The van der Waals surface area contributed by atoms with E-state index < -0.39 is 5.76 Å². The number of Topliss-reactive ketones (excluding diaryl/α,β-unsaturated/α-hetero) is 1. The topological polar surface area (TPSA) is 72.5 Å². The maximum Gasteiger partial charge on any atom is 0.420 e. The number of carbonyl (C=O) groups excluding carboxylic acids is 2. The van der Waals surface area contributed by atoms with Crippen molar-refractivity contribution in [3.05, 3.63) is 34.3 Å². The molecule has 2 aromatic rings. The molecule has 0 aliphatic carbocycles. The van der Waals surface area contributed by atoms with Crippen LogP contribution in [0.5, 0.6) is 0 Å². The number of oxazole rings is 1. The third-order valence-corrected chi connectivity index (χ3v) is 3.71.